The van der Waals surface area contributed by atoms with Crippen LogP contribution in [0.2, 0.25) is 0 Å². The van der Waals surface area contributed by atoms with Crippen LogP contribution in [0.5, 0.6) is 17.2 Å². The maximum atomic E-state index is 9.43. The molecule has 0 aliphatic carbocycles. The summed E-state index contributed by atoms with van der Waals surface area (Å²) in [5.74, 6) is -0.622. The van der Waals surface area contributed by atoms with Gasteiger partial charge in [-0.1, -0.05) is 6.08 Å². The summed E-state index contributed by atoms with van der Waals surface area (Å²) in [4.78, 5) is 0. The Morgan fingerprint density at radius 1 is 1.29 bits per heavy atom. The van der Waals surface area contributed by atoms with Crippen LogP contribution in [0.15, 0.2) is 24.8 Å². The van der Waals surface area contributed by atoms with Gasteiger partial charge in [0.25, 0.3) is 0 Å². The molecule has 0 aromatic heterocycles. The standard InChI is InChI=1S/C10H13NO3/c1-2-3-7(11)10-8(13)4-6(12)5-9(10)14/h2,4-5,7,12-14H,1,3,11H2/t7-/m0/s1. The van der Waals surface area contributed by atoms with Gasteiger partial charge < -0.3 is 21.1 Å². The number of hydrogen-bond donors (Lipinski definition) is 4. The van der Waals surface area contributed by atoms with Gasteiger partial charge >= 0.3 is 0 Å². The first-order chi connectivity index (χ1) is 6.56. The summed E-state index contributed by atoms with van der Waals surface area (Å²) >= 11 is 0. The zero-order chi connectivity index (χ0) is 10.7. The molecule has 0 radical (unpaired) electrons. The van der Waals surface area contributed by atoms with Crippen LogP contribution in [-0.2, 0) is 0 Å². The zero-order valence-electron chi connectivity index (χ0n) is 7.64. The molecular formula is C10H13NO3. The number of hydrogen-bond acceptors (Lipinski definition) is 4. The summed E-state index contributed by atoms with van der Waals surface area (Å²) in [6.07, 6.45) is 2.03. The van der Waals surface area contributed by atoms with Gasteiger partial charge in [-0.05, 0) is 6.42 Å². The number of nitrogens with two attached hydrogens (primary N) is 1. The highest BCUT2D eigenvalue weighted by atomic mass is 16.3. The van der Waals surface area contributed by atoms with Crippen LogP contribution >= 0.6 is 0 Å². The van der Waals surface area contributed by atoms with E-state index in [-0.39, 0.29) is 22.8 Å². The number of phenolic OH excluding ortho intramolecular Hbond substituents is 3. The molecule has 0 unspecified atom stereocenters. The van der Waals surface area contributed by atoms with Crippen LogP contribution in [-0.4, -0.2) is 15.3 Å². The van der Waals surface area contributed by atoms with Crippen LogP contribution in [0.3, 0.4) is 0 Å². The Balaban J connectivity index is 3.13. The minimum Gasteiger partial charge on any atom is -0.508 e. The summed E-state index contributed by atoms with van der Waals surface area (Å²) in [7, 11) is 0. The third-order valence-electron chi connectivity index (χ3n) is 1.91. The third kappa shape index (κ3) is 1.97. The average molecular weight is 195 g/mol. The highest BCUT2D eigenvalue weighted by Crippen LogP contribution is 2.36. The Morgan fingerprint density at radius 3 is 2.21 bits per heavy atom. The van der Waals surface area contributed by atoms with Gasteiger partial charge in [0, 0.05) is 18.2 Å². The Kier molecular flexibility index (Phi) is 2.99. The topological polar surface area (TPSA) is 86.7 Å². The van der Waals surface area contributed by atoms with E-state index in [2.05, 4.69) is 6.58 Å². The Hall–Kier alpha value is -1.68. The van der Waals surface area contributed by atoms with Gasteiger partial charge in [-0.15, -0.1) is 6.58 Å². The Bertz CT molecular complexity index is 326. The predicted octanol–water partition coefficient (Wildman–Crippen LogP) is 1.38. The zero-order valence-corrected chi connectivity index (χ0v) is 7.64. The third-order valence-corrected chi connectivity index (χ3v) is 1.91. The van der Waals surface area contributed by atoms with Crippen LogP contribution in [0.4, 0.5) is 0 Å². The number of benzene rings is 1. The fraction of sp³-hybridized carbons (Fsp3) is 0.200. The van der Waals surface area contributed by atoms with Crippen molar-refractivity contribution in [3.8, 4) is 17.2 Å². The van der Waals surface area contributed by atoms with Crippen molar-refractivity contribution in [1.29, 1.82) is 0 Å². The molecule has 0 saturated carbocycles. The first-order valence-electron chi connectivity index (χ1n) is 4.17. The minimum absolute atomic E-state index is 0.199. The summed E-state index contributed by atoms with van der Waals surface area (Å²) < 4.78 is 0. The molecule has 14 heavy (non-hydrogen) atoms. The molecule has 0 aliphatic heterocycles. The second kappa shape index (κ2) is 4.02. The molecule has 1 rings (SSSR count). The second-order valence-electron chi connectivity index (χ2n) is 3.03. The molecule has 0 bridgehead atoms. The lowest BCUT2D eigenvalue weighted by atomic mass is 10.0. The monoisotopic (exact) mass is 195 g/mol. The van der Waals surface area contributed by atoms with Crippen LogP contribution in [0, 0.1) is 0 Å². The molecule has 4 nitrogen and oxygen atoms in total. The molecule has 1 atom stereocenters. The smallest absolute Gasteiger partial charge is 0.127 e. The van der Waals surface area contributed by atoms with Gasteiger partial charge in [0.15, 0.2) is 0 Å². The molecule has 4 heteroatoms. The number of aromatic hydroxyl groups is 3. The van der Waals surface area contributed by atoms with Gasteiger partial charge in [0.1, 0.15) is 17.2 Å². The van der Waals surface area contributed by atoms with Crippen LogP contribution < -0.4 is 5.73 Å². The molecule has 0 fully saturated rings. The molecule has 0 amide bonds. The van der Waals surface area contributed by atoms with E-state index in [1.165, 1.54) is 0 Å². The van der Waals surface area contributed by atoms with Gasteiger partial charge in [0.2, 0.25) is 0 Å². The molecule has 1 aromatic rings. The van der Waals surface area contributed by atoms with E-state index >= 15 is 0 Å². The van der Waals surface area contributed by atoms with Crippen molar-refractivity contribution in [3.63, 3.8) is 0 Å². The molecule has 0 aliphatic rings. The lowest BCUT2D eigenvalue weighted by Gasteiger charge is -2.13. The summed E-state index contributed by atoms with van der Waals surface area (Å²) in [6.45, 7) is 3.51. The number of phenols is 3. The highest BCUT2D eigenvalue weighted by molar-refractivity contribution is 5.50. The minimum atomic E-state index is -0.520. The molecule has 0 saturated heterocycles. The van der Waals surface area contributed by atoms with E-state index in [4.69, 9.17) is 10.8 Å². The van der Waals surface area contributed by atoms with Crippen molar-refractivity contribution < 1.29 is 15.3 Å². The largest absolute Gasteiger partial charge is 0.508 e. The molecule has 0 spiro atoms. The first-order valence-corrected chi connectivity index (χ1v) is 4.17. The van der Waals surface area contributed by atoms with Crippen molar-refractivity contribution in [1.82, 2.24) is 0 Å². The van der Waals surface area contributed by atoms with Gasteiger partial charge in [0.05, 0.1) is 5.56 Å². The summed E-state index contributed by atoms with van der Waals surface area (Å²) in [5.41, 5.74) is 5.91. The van der Waals surface area contributed by atoms with Crippen molar-refractivity contribution >= 4 is 0 Å². The molecule has 5 N–H and O–H groups in total. The van der Waals surface area contributed by atoms with E-state index in [0.717, 1.165) is 12.1 Å². The molecule has 0 heterocycles. The van der Waals surface area contributed by atoms with E-state index in [1.807, 2.05) is 0 Å². The van der Waals surface area contributed by atoms with Crippen LogP contribution in [0.25, 0.3) is 0 Å². The molecule has 76 valence electrons. The lowest BCUT2D eigenvalue weighted by Crippen LogP contribution is -2.09. The average Bonchev–Trinajstić information content (AvgIpc) is 2.01. The van der Waals surface area contributed by atoms with E-state index in [0.29, 0.717) is 6.42 Å². The second-order valence-corrected chi connectivity index (χ2v) is 3.03. The Labute approximate surface area is 81.9 Å². The fourth-order valence-electron chi connectivity index (χ4n) is 1.29. The molecule has 1 aromatic carbocycles. The summed E-state index contributed by atoms with van der Waals surface area (Å²) in [6, 6.07) is 1.75. The van der Waals surface area contributed by atoms with Crippen LogP contribution in [0.1, 0.15) is 18.0 Å². The van der Waals surface area contributed by atoms with Crippen molar-refractivity contribution in [2.24, 2.45) is 5.73 Å². The quantitative estimate of drug-likeness (QED) is 0.549. The summed E-state index contributed by atoms with van der Waals surface area (Å²) in [5, 5.41) is 27.9. The number of rotatable bonds is 3. The maximum Gasteiger partial charge on any atom is 0.127 e. The molecular weight excluding hydrogens is 182 g/mol. The van der Waals surface area contributed by atoms with E-state index < -0.39 is 6.04 Å². The fourth-order valence-corrected chi connectivity index (χ4v) is 1.29. The lowest BCUT2D eigenvalue weighted by molar-refractivity contribution is 0.412. The van der Waals surface area contributed by atoms with Gasteiger partial charge in [-0.2, -0.15) is 0 Å². The normalized spacial score (nSPS) is 12.4. The first kappa shape index (κ1) is 10.4. The van der Waals surface area contributed by atoms with E-state index in [9.17, 15) is 10.2 Å². The van der Waals surface area contributed by atoms with Gasteiger partial charge in [-0.25, -0.2) is 0 Å². The highest BCUT2D eigenvalue weighted by Gasteiger charge is 2.15. The maximum absolute atomic E-state index is 9.43. The van der Waals surface area contributed by atoms with Crippen molar-refractivity contribution in [2.75, 3.05) is 0 Å². The predicted molar refractivity (Wildman–Crippen MR) is 53.2 cm³/mol. The van der Waals surface area contributed by atoms with Gasteiger partial charge in [-0.3, -0.25) is 0 Å². The van der Waals surface area contributed by atoms with Crippen molar-refractivity contribution in [2.45, 2.75) is 12.5 Å². The van der Waals surface area contributed by atoms with Crippen molar-refractivity contribution in [3.05, 3.63) is 30.4 Å². The Morgan fingerprint density at radius 2 is 1.79 bits per heavy atom. The SMILES string of the molecule is C=CC[C@H](N)c1c(O)cc(O)cc1O. The van der Waals surface area contributed by atoms with E-state index in [1.54, 1.807) is 6.08 Å².